The Hall–Kier alpha value is -1.46. The van der Waals surface area contributed by atoms with Gasteiger partial charge in [-0.3, -0.25) is 4.90 Å². The highest BCUT2D eigenvalue weighted by molar-refractivity contribution is 6.33. The quantitative estimate of drug-likeness (QED) is 0.850. The lowest BCUT2D eigenvalue weighted by Gasteiger charge is -2.47. The molecule has 4 aliphatic heterocycles. The minimum absolute atomic E-state index is 0.111. The molecule has 1 atom stereocenters. The van der Waals surface area contributed by atoms with Crippen molar-refractivity contribution in [2.24, 2.45) is 5.92 Å². The molecule has 0 radical (unpaired) electrons. The highest BCUT2D eigenvalue weighted by Crippen LogP contribution is 2.34. The number of urea groups is 1. The van der Waals surface area contributed by atoms with Crippen LogP contribution in [-0.4, -0.2) is 54.6 Å². The van der Waals surface area contributed by atoms with E-state index in [1.165, 1.54) is 25.9 Å². The van der Waals surface area contributed by atoms with Crippen molar-refractivity contribution in [3.8, 4) is 0 Å². The van der Waals surface area contributed by atoms with Gasteiger partial charge in [0.2, 0.25) is 0 Å². The highest BCUT2D eigenvalue weighted by atomic mass is 35.5. The number of rotatable bonds is 2. The fraction of sp³-hybridized carbons (Fsp3) is 0.562. The van der Waals surface area contributed by atoms with Crippen molar-refractivity contribution in [2.75, 3.05) is 43.4 Å². The lowest BCUT2D eigenvalue weighted by Crippen LogP contribution is -2.58. The number of nitrogens with two attached hydrogens (primary N) is 1. The van der Waals surface area contributed by atoms with Crippen LogP contribution in [0.4, 0.5) is 16.2 Å². The van der Waals surface area contributed by atoms with Crippen LogP contribution in [0.3, 0.4) is 0 Å². The summed E-state index contributed by atoms with van der Waals surface area (Å²) in [6, 6.07) is 5.92. The second kappa shape index (κ2) is 5.32. The Morgan fingerprint density at radius 3 is 2.55 bits per heavy atom. The van der Waals surface area contributed by atoms with E-state index in [-0.39, 0.29) is 6.03 Å². The van der Waals surface area contributed by atoms with Crippen LogP contribution in [0.5, 0.6) is 0 Å². The van der Waals surface area contributed by atoms with Crippen LogP contribution in [0.25, 0.3) is 0 Å². The van der Waals surface area contributed by atoms with Gasteiger partial charge < -0.3 is 15.5 Å². The lowest BCUT2D eigenvalue weighted by molar-refractivity contribution is 0.0300. The largest absolute Gasteiger partial charge is 0.398 e. The molecular weight excluding hydrogens is 300 g/mol. The number of amides is 2. The average molecular weight is 321 g/mol. The summed E-state index contributed by atoms with van der Waals surface area (Å²) in [7, 11) is 0. The van der Waals surface area contributed by atoms with Crippen LogP contribution in [0, 0.1) is 5.92 Å². The summed E-state index contributed by atoms with van der Waals surface area (Å²) in [4.78, 5) is 19.2. The smallest absolute Gasteiger partial charge is 0.324 e. The summed E-state index contributed by atoms with van der Waals surface area (Å²) in [6.07, 6.45) is 2.45. The minimum Gasteiger partial charge on any atom is -0.398 e. The Morgan fingerprint density at radius 2 is 1.91 bits per heavy atom. The van der Waals surface area contributed by atoms with Crippen LogP contribution in [0.2, 0.25) is 5.02 Å². The van der Waals surface area contributed by atoms with Gasteiger partial charge in [-0.15, -0.1) is 0 Å². The van der Waals surface area contributed by atoms with Gasteiger partial charge in [-0.2, -0.15) is 0 Å². The van der Waals surface area contributed by atoms with Gasteiger partial charge in [0.1, 0.15) is 0 Å². The molecule has 5 nitrogen and oxygen atoms in total. The zero-order valence-electron chi connectivity index (χ0n) is 12.5. The number of fused-ring (bicyclic) bond motifs is 3. The van der Waals surface area contributed by atoms with E-state index in [0.29, 0.717) is 22.7 Å². The number of carbonyl (C=O) groups excluding carboxylic acids is 1. The standard InChI is InChI=1S/C16H21ClN4O/c17-13-9-12(1-2-14(13)18)20-7-8-21(16(20)22)15-10-19-5-3-11(15)4-6-19/h1-2,9,11,15H,3-8,10,18H2. The first-order valence-electron chi connectivity index (χ1n) is 7.99. The maximum atomic E-state index is 12.8. The molecule has 1 unspecified atom stereocenters. The van der Waals surface area contributed by atoms with Gasteiger partial charge in [0.25, 0.3) is 0 Å². The molecule has 118 valence electrons. The average Bonchev–Trinajstić information content (AvgIpc) is 2.93. The van der Waals surface area contributed by atoms with E-state index in [9.17, 15) is 4.79 Å². The summed E-state index contributed by atoms with van der Waals surface area (Å²) in [5.41, 5.74) is 7.14. The molecule has 1 aromatic carbocycles. The Bertz CT molecular complexity index is 600. The zero-order valence-corrected chi connectivity index (χ0v) is 13.3. The first kappa shape index (κ1) is 14.2. The van der Waals surface area contributed by atoms with E-state index >= 15 is 0 Å². The van der Waals surface area contributed by atoms with E-state index < -0.39 is 0 Å². The minimum atomic E-state index is 0.111. The van der Waals surface area contributed by atoms with Crippen molar-refractivity contribution in [2.45, 2.75) is 18.9 Å². The third-order valence-corrected chi connectivity index (χ3v) is 5.69. The van der Waals surface area contributed by atoms with E-state index in [1.807, 2.05) is 11.0 Å². The predicted molar refractivity (Wildman–Crippen MR) is 88.3 cm³/mol. The Morgan fingerprint density at radius 1 is 1.14 bits per heavy atom. The molecule has 22 heavy (non-hydrogen) atoms. The van der Waals surface area contributed by atoms with E-state index in [0.717, 1.165) is 25.3 Å². The monoisotopic (exact) mass is 320 g/mol. The number of benzene rings is 1. The van der Waals surface area contributed by atoms with Crippen molar-refractivity contribution in [1.82, 2.24) is 9.80 Å². The van der Waals surface area contributed by atoms with E-state index in [4.69, 9.17) is 17.3 Å². The topological polar surface area (TPSA) is 52.8 Å². The maximum Gasteiger partial charge on any atom is 0.324 e. The molecule has 0 saturated carbocycles. The van der Waals surface area contributed by atoms with Crippen LogP contribution in [0.1, 0.15) is 12.8 Å². The van der Waals surface area contributed by atoms with Gasteiger partial charge >= 0.3 is 6.03 Å². The number of nitrogen functional groups attached to an aromatic ring is 1. The molecule has 4 heterocycles. The van der Waals surface area contributed by atoms with Crippen LogP contribution >= 0.6 is 11.6 Å². The SMILES string of the molecule is Nc1ccc(N2CCN(C3CN4CCC3CC4)C2=O)cc1Cl. The normalized spacial score (nSPS) is 31.1. The second-order valence-corrected chi connectivity index (χ2v) is 6.95. The molecule has 2 bridgehead atoms. The van der Waals surface area contributed by atoms with Crippen molar-refractivity contribution in [3.63, 3.8) is 0 Å². The number of carbonyl (C=O) groups is 1. The molecule has 1 aromatic rings. The molecule has 5 rings (SSSR count). The summed E-state index contributed by atoms with van der Waals surface area (Å²) in [5, 5.41) is 0.506. The first-order chi connectivity index (χ1) is 10.6. The number of hydrogen-bond acceptors (Lipinski definition) is 3. The Kier molecular flexibility index (Phi) is 3.42. The zero-order chi connectivity index (χ0) is 15.3. The Balaban J connectivity index is 1.54. The van der Waals surface area contributed by atoms with Gasteiger partial charge in [0.15, 0.2) is 0 Å². The van der Waals surface area contributed by atoms with Crippen molar-refractivity contribution >= 4 is 29.0 Å². The lowest BCUT2D eigenvalue weighted by atomic mass is 9.83. The number of nitrogens with zero attached hydrogens (tertiary/aromatic N) is 3. The van der Waals surface area contributed by atoms with E-state index in [2.05, 4.69) is 9.80 Å². The second-order valence-electron chi connectivity index (χ2n) is 6.54. The molecule has 2 amide bonds. The van der Waals surface area contributed by atoms with Gasteiger partial charge in [0, 0.05) is 31.4 Å². The fourth-order valence-corrected chi connectivity index (χ4v) is 4.25. The Labute approximate surface area is 135 Å². The van der Waals surface area contributed by atoms with Gasteiger partial charge in [0.05, 0.1) is 10.7 Å². The third-order valence-electron chi connectivity index (χ3n) is 5.36. The molecule has 0 spiro atoms. The maximum absolute atomic E-state index is 12.8. The molecule has 6 heteroatoms. The molecule has 0 aromatic heterocycles. The molecule has 4 saturated heterocycles. The number of anilines is 2. The predicted octanol–water partition coefficient (Wildman–Crippen LogP) is 2.26. The first-order valence-corrected chi connectivity index (χ1v) is 8.37. The van der Waals surface area contributed by atoms with Crippen LogP contribution < -0.4 is 10.6 Å². The van der Waals surface area contributed by atoms with Crippen LogP contribution in [-0.2, 0) is 0 Å². The molecule has 0 aliphatic carbocycles. The summed E-state index contributed by atoms with van der Waals surface area (Å²) in [6.45, 7) is 4.95. The summed E-state index contributed by atoms with van der Waals surface area (Å²) >= 11 is 6.09. The fourth-order valence-electron chi connectivity index (χ4n) is 4.07. The molecular formula is C16H21ClN4O. The van der Waals surface area contributed by atoms with E-state index in [1.54, 1.807) is 12.1 Å². The van der Waals surface area contributed by atoms with Gasteiger partial charge in [-0.25, -0.2) is 4.79 Å². The van der Waals surface area contributed by atoms with Crippen molar-refractivity contribution in [3.05, 3.63) is 23.2 Å². The van der Waals surface area contributed by atoms with Crippen molar-refractivity contribution < 1.29 is 4.79 Å². The molecule has 4 fully saturated rings. The van der Waals surface area contributed by atoms with Crippen LogP contribution in [0.15, 0.2) is 18.2 Å². The highest BCUT2D eigenvalue weighted by Gasteiger charge is 2.43. The number of piperidine rings is 3. The molecule has 2 N–H and O–H groups in total. The van der Waals surface area contributed by atoms with Gasteiger partial charge in [-0.05, 0) is 50.0 Å². The number of hydrogen-bond donors (Lipinski definition) is 1. The van der Waals surface area contributed by atoms with Gasteiger partial charge in [-0.1, -0.05) is 11.6 Å². The summed E-state index contributed by atoms with van der Waals surface area (Å²) in [5.74, 6) is 0.670. The number of halogens is 1. The third kappa shape index (κ3) is 2.23. The summed E-state index contributed by atoms with van der Waals surface area (Å²) < 4.78 is 0. The molecule has 4 aliphatic rings. The van der Waals surface area contributed by atoms with Crippen molar-refractivity contribution in [1.29, 1.82) is 0 Å².